The second-order valence-electron chi connectivity index (χ2n) is 5.89. The van der Waals surface area contributed by atoms with Crippen LogP contribution >= 0.6 is 0 Å². The Balaban J connectivity index is 1.58. The second kappa shape index (κ2) is 6.29. The minimum atomic E-state index is -0.197. The molecule has 2 aliphatic rings. The summed E-state index contributed by atoms with van der Waals surface area (Å²) in [7, 11) is 0. The van der Waals surface area contributed by atoms with Crippen LogP contribution in [-0.4, -0.2) is 57.8 Å². The standard InChI is InChI=1S/C15H21N5O2/c16-13-12(17-5-6-18-13)15(22)20-9-3-11(4-10-20)14(21)19-7-1-2-8-19/h5-6,11H,1-4,7-10H2,(H2,16,18). The van der Waals surface area contributed by atoms with Crippen LogP contribution < -0.4 is 5.73 Å². The molecular formula is C15H21N5O2. The number of nitrogens with two attached hydrogens (primary N) is 1. The van der Waals surface area contributed by atoms with Gasteiger partial charge in [-0.15, -0.1) is 0 Å². The maximum atomic E-state index is 12.4. The molecule has 2 amide bonds. The maximum Gasteiger partial charge on any atom is 0.276 e. The summed E-state index contributed by atoms with van der Waals surface area (Å²) < 4.78 is 0. The number of carbonyl (C=O) groups is 2. The quantitative estimate of drug-likeness (QED) is 0.860. The smallest absolute Gasteiger partial charge is 0.276 e. The molecule has 7 nitrogen and oxygen atoms in total. The Morgan fingerprint density at radius 1 is 1.00 bits per heavy atom. The number of carbonyl (C=O) groups excluding carboxylic acids is 2. The summed E-state index contributed by atoms with van der Waals surface area (Å²) >= 11 is 0. The minimum Gasteiger partial charge on any atom is -0.382 e. The molecule has 2 aliphatic heterocycles. The summed E-state index contributed by atoms with van der Waals surface area (Å²) in [6.07, 6.45) is 6.56. The summed E-state index contributed by atoms with van der Waals surface area (Å²) in [5.41, 5.74) is 5.91. The third-order valence-electron chi connectivity index (χ3n) is 4.48. The predicted octanol–water partition coefficient (Wildman–Crippen LogP) is 0.533. The molecule has 0 unspecified atom stereocenters. The maximum absolute atomic E-state index is 12.4. The topological polar surface area (TPSA) is 92.4 Å². The number of rotatable bonds is 2. The van der Waals surface area contributed by atoms with E-state index >= 15 is 0 Å². The first-order valence-corrected chi connectivity index (χ1v) is 7.81. The minimum absolute atomic E-state index is 0.0429. The number of likely N-dealkylation sites (tertiary alicyclic amines) is 2. The van der Waals surface area contributed by atoms with Gasteiger partial charge in [-0.2, -0.15) is 0 Å². The van der Waals surface area contributed by atoms with Gasteiger partial charge in [0.25, 0.3) is 5.91 Å². The van der Waals surface area contributed by atoms with Crippen molar-refractivity contribution in [1.29, 1.82) is 0 Å². The molecule has 0 spiro atoms. The van der Waals surface area contributed by atoms with Gasteiger partial charge in [0.05, 0.1) is 0 Å². The van der Waals surface area contributed by atoms with Crippen molar-refractivity contribution < 1.29 is 9.59 Å². The molecule has 0 aliphatic carbocycles. The molecule has 0 saturated carbocycles. The molecule has 0 aromatic carbocycles. The van der Waals surface area contributed by atoms with Crippen LogP contribution in [-0.2, 0) is 4.79 Å². The summed E-state index contributed by atoms with van der Waals surface area (Å²) in [5, 5.41) is 0. The number of amides is 2. The van der Waals surface area contributed by atoms with Gasteiger partial charge in [-0.1, -0.05) is 0 Å². The molecule has 1 aromatic rings. The van der Waals surface area contributed by atoms with Crippen molar-refractivity contribution in [3.8, 4) is 0 Å². The SMILES string of the molecule is Nc1nccnc1C(=O)N1CCC(C(=O)N2CCCC2)CC1. The van der Waals surface area contributed by atoms with E-state index < -0.39 is 0 Å². The zero-order valence-electron chi connectivity index (χ0n) is 12.6. The van der Waals surface area contributed by atoms with E-state index in [1.165, 1.54) is 12.4 Å². The van der Waals surface area contributed by atoms with Crippen LogP contribution in [0.1, 0.15) is 36.2 Å². The van der Waals surface area contributed by atoms with Gasteiger partial charge in [0.2, 0.25) is 5.91 Å². The van der Waals surface area contributed by atoms with Crippen molar-refractivity contribution in [3.05, 3.63) is 18.1 Å². The Kier molecular flexibility index (Phi) is 4.22. The highest BCUT2D eigenvalue weighted by atomic mass is 16.2. The van der Waals surface area contributed by atoms with Gasteiger partial charge in [0.15, 0.2) is 11.5 Å². The average molecular weight is 303 g/mol. The summed E-state index contributed by atoms with van der Waals surface area (Å²) in [6.45, 7) is 2.90. The van der Waals surface area contributed by atoms with Crippen LogP contribution in [0.25, 0.3) is 0 Å². The monoisotopic (exact) mass is 303 g/mol. The summed E-state index contributed by atoms with van der Waals surface area (Å²) in [4.78, 5) is 36.4. The fraction of sp³-hybridized carbons (Fsp3) is 0.600. The Morgan fingerprint density at radius 3 is 2.27 bits per heavy atom. The van der Waals surface area contributed by atoms with Crippen molar-refractivity contribution >= 4 is 17.6 Å². The third kappa shape index (κ3) is 2.88. The zero-order chi connectivity index (χ0) is 15.5. The van der Waals surface area contributed by atoms with E-state index in [0.29, 0.717) is 25.9 Å². The molecule has 0 radical (unpaired) electrons. The average Bonchev–Trinajstić information content (AvgIpc) is 3.09. The van der Waals surface area contributed by atoms with E-state index in [0.717, 1.165) is 25.9 Å². The molecule has 22 heavy (non-hydrogen) atoms. The molecule has 7 heteroatoms. The number of anilines is 1. The third-order valence-corrected chi connectivity index (χ3v) is 4.48. The van der Waals surface area contributed by atoms with E-state index in [9.17, 15) is 9.59 Å². The van der Waals surface area contributed by atoms with Crippen LogP contribution in [0.3, 0.4) is 0 Å². The number of nitrogen functional groups attached to an aromatic ring is 1. The van der Waals surface area contributed by atoms with Gasteiger partial charge < -0.3 is 15.5 Å². The van der Waals surface area contributed by atoms with Crippen molar-refractivity contribution in [3.63, 3.8) is 0 Å². The Labute approximate surface area is 129 Å². The lowest BCUT2D eigenvalue weighted by atomic mass is 9.95. The first kappa shape index (κ1) is 14.7. The molecule has 1 aromatic heterocycles. The molecule has 2 N–H and O–H groups in total. The van der Waals surface area contributed by atoms with Crippen molar-refractivity contribution in [2.75, 3.05) is 31.9 Å². The molecule has 0 atom stereocenters. The van der Waals surface area contributed by atoms with E-state index in [1.54, 1.807) is 4.90 Å². The van der Waals surface area contributed by atoms with Crippen LogP contribution in [0.2, 0.25) is 0 Å². The number of hydrogen-bond acceptors (Lipinski definition) is 5. The molecule has 3 heterocycles. The Hall–Kier alpha value is -2.18. The fourth-order valence-electron chi connectivity index (χ4n) is 3.19. The van der Waals surface area contributed by atoms with Gasteiger partial charge in [-0.3, -0.25) is 9.59 Å². The molecular weight excluding hydrogens is 282 g/mol. The summed E-state index contributed by atoms with van der Waals surface area (Å²) in [5.74, 6) is 0.255. The lowest BCUT2D eigenvalue weighted by Gasteiger charge is -2.33. The zero-order valence-corrected chi connectivity index (χ0v) is 12.6. The van der Waals surface area contributed by atoms with E-state index in [4.69, 9.17) is 5.73 Å². The Bertz CT molecular complexity index is 563. The second-order valence-corrected chi connectivity index (χ2v) is 5.89. The van der Waals surface area contributed by atoms with Crippen molar-refractivity contribution in [2.45, 2.75) is 25.7 Å². The predicted molar refractivity (Wildman–Crippen MR) is 80.9 cm³/mol. The van der Waals surface area contributed by atoms with Crippen LogP contribution in [0.15, 0.2) is 12.4 Å². The normalized spacial score (nSPS) is 19.5. The van der Waals surface area contributed by atoms with Crippen LogP contribution in [0.4, 0.5) is 5.82 Å². The van der Waals surface area contributed by atoms with Crippen molar-refractivity contribution in [2.24, 2.45) is 5.92 Å². The van der Waals surface area contributed by atoms with E-state index in [1.807, 2.05) is 4.90 Å². The highest BCUT2D eigenvalue weighted by Gasteiger charge is 2.32. The van der Waals surface area contributed by atoms with E-state index in [2.05, 4.69) is 9.97 Å². The number of piperidine rings is 1. The highest BCUT2D eigenvalue weighted by Crippen LogP contribution is 2.23. The summed E-state index contributed by atoms with van der Waals surface area (Å²) in [6, 6.07) is 0. The molecule has 0 bridgehead atoms. The fourth-order valence-corrected chi connectivity index (χ4v) is 3.19. The first-order valence-electron chi connectivity index (χ1n) is 7.81. The molecule has 2 saturated heterocycles. The van der Waals surface area contributed by atoms with Gasteiger partial charge in [0, 0.05) is 44.5 Å². The number of nitrogens with zero attached hydrogens (tertiary/aromatic N) is 4. The first-order chi connectivity index (χ1) is 10.7. The van der Waals surface area contributed by atoms with Crippen molar-refractivity contribution in [1.82, 2.24) is 19.8 Å². The molecule has 3 rings (SSSR count). The van der Waals surface area contributed by atoms with E-state index in [-0.39, 0.29) is 29.2 Å². The highest BCUT2D eigenvalue weighted by molar-refractivity contribution is 5.96. The number of aromatic nitrogens is 2. The molecule has 118 valence electrons. The van der Waals surface area contributed by atoms with Crippen LogP contribution in [0.5, 0.6) is 0 Å². The number of hydrogen-bond donors (Lipinski definition) is 1. The lowest BCUT2D eigenvalue weighted by molar-refractivity contribution is -0.135. The lowest BCUT2D eigenvalue weighted by Crippen LogP contribution is -2.44. The van der Waals surface area contributed by atoms with Gasteiger partial charge >= 0.3 is 0 Å². The largest absolute Gasteiger partial charge is 0.382 e. The molecule has 2 fully saturated rings. The van der Waals surface area contributed by atoms with Crippen LogP contribution in [0, 0.1) is 5.92 Å². The Morgan fingerprint density at radius 2 is 1.64 bits per heavy atom. The van der Waals surface area contributed by atoms with Gasteiger partial charge in [-0.05, 0) is 25.7 Å². The van der Waals surface area contributed by atoms with Gasteiger partial charge in [0.1, 0.15) is 0 Å². The van der Waals surface area contributed by atoms with Gasteiger partial charge in [-0.25, -0.2) is 9.97 Å².